The van der Waals surface area contributed by atoms with Crippen molar-refractivity contribution in [1.29, 1.82) is 0 Å². The maximum Gasteiger partial charge on any atom is 0.230 e. The van der Waals surface area contributed by atoms with Crippen molar-refractivity contribution in [2.24, 2.45) is 0 Å². The van der Waals surface area contributed by atoms with Gasteiger partial charge in [-0.1, -0.05) is 52.8 Å². The fourth-order valence-electron chi connectivity index (χ4n) is 2.05. The molecule has 1 N–H and O–H groups in total. The van der Waals surface area contributed by atoms with Gasteiger partial charge in [0.05, 0.1) is 5.75 Å². The average Bonchev–Trinajstić information content (AvgIpc) is 2.97. The van der Waals surface area contributed by atoms with E-state index in [4.69, 9.17) is 0 Å². The van der Waals surface area contributed by atoms with Crippen molar-refractivity contribution < 1.29 is 4.79 Å². The Kier molecular flexibility index (Phi) is 7.05. The molecule has 0 radical (unpaired) electrons. The summed E-state index contributed by atoms with van der Waals surface area (Å²) in [5.41, 5.74) is 0.975. The number of amides is 1. The first kappa shape index (κ1) is 18.7. The molecule has 0 aliphatic heterocycles. The third-order valence-electron chi connectivity index (χ3n) is 3.48. The number of nitrogens with one attached hydrogen (secondary N) is 1. The zero-order valence-corrected chi connectivity index (χ0v) is 16.2. The summed E-state index contributed by atoms with van der Waals surface area (Å²) in [7, 11) is 0. The Balaban J connectivity index is 2.14. The van der Waals surface area contributed by atoms with Crippen LogP contribution >= 0.6 is 27.7 Å². The van der Waals surface area contributed by atoms with Crippen molar-refractivity contribution in [3.05, 3.63) is 41.4 Å². The van der Waals surface area contributed by atoms with Crippen molar-refractivity contribution in [3.8, 4) is 11.4 Å². The number of thioether (sulfide) groups is 1. The van der Waals surface area contributed by atoms with Gasteiger partial charge in [-0.3, -0.25) is 9.36 Å². The number of halogens is 1. The largest absolute Gasteiger partial charge is 0.353 e. The Morgan fingerprint density at radius 2 is 2.12 bits per heavy atom. The van der Waals surface area contributed by atoms with Crippen molar-refractivity contribution in [2.75, 3.05) is 5.75 Å². The first-order chi connectivity index (χ1) is 11.5. The molecule has 0 bridgehead atoms. The Morgan fingerprint density at radius 3 is 2.75 bits per heavy atom. The lowest BCUT2D eigenvalue weighted by atomic mass is 10.2. The van der Waals surface area contributed by atoms with Gasteiger partial charge in [0, 0.05) is 22.6 Å². The molecular weight excluding hydrogens is 388 g/mol. The van der Waals surface area contributed by atoms with Crippen LogP contribution in [0.15, 0.2) is 46.5 Å². The summed E-state index contributed by atoms with van der Waals surface area (Å²) in [5.74, 6) is 1.10. The van der Waals surface area contributed by atoms with Crippen LogP contribution in [0, 0.1) is 0 Å². The van der Waals surface area contributed by atoms with Gasteiger partial charge in [0.2, 0.25) is 5.91 Å². The van der Waals surface area contributed by atoms with Gasteiger partial charge in [0.15, 0.2) is 11.0 Å². The maximum atomic E-state index is 12.0. The molecule has 2 rings (SSSR count). The fraction of sp³-hybridized carbons (Fsp3) is 0.353. The van der Waals surface area contributed by atoms with Gasteiger partial charge < -0.3 is 5.32 Å². The van der Waals surface area contributed by atoms with Gasteiger partial charge in [-0.15, -0.1) is 16.8 Å². The minimum Gasteiger partial charge on any atom is -0.353 e. The molecular formula is C17H21BrN4OS. The molecule has 5 nitrogen and oxygen atoms in total. The second kappa shape index (κ2) is 9.03. The van der Waals surface area contributed by atoms with Gasteiger partial charge in [-0.25, -0.2) is 0 Å². The maximum absolute atomic E-state index is 12.0. The summed E-state index contributed by atoms with van der Waals surface area (Å²) in [6.07, 6.45) is 2.71. The van der Waals surface area contributed by atoms with Crippen LogP contribution in [-0.4, -0.2) is 32.5 Å². The van der Waals surface area contributed by atoms with Crippen LogP contribution in [0.2, 0.25) is 0 Å². The Labute approximate surface area is 155 Å². The molecule has 1 atom stereocenters. The lowest BCUT2D eigenvalue weighted by Crippen LogP contribution is -2.33. The second-order valence-electron chi connectivity index (χ2n) is 5.38. The van der Waals surface area contributed by atoms with Crippen molar-refractivity contribution >= 4 is 33.6 Å². The van der Waals surface area contributed by atoms with Gasteiger partial charge in [0.1, 0.15) is 0 Å². The number of benzene rings is 1. The molecule has 0 aliphatic carbocycles. The molecule has 1 aromatic carbocycles. The fourth-order valence-corrected chi connectivity index (χ4v) is 3.07. The van der Waals surface area contributed by atoms with E-state index >= 15 is 0 Å². The topological polar surface area (TPSA) is 59.8 Å². The smallest absolute Gasteiger partial charge is 0.230 e. The van der Waals surface area contributed by atoms with E-state index in [0.29, 0.717) is 17.5 Å². The minimum absolute atomic E-state index is 0.00712. The van der Waals surface area contributed by atoms with E-state index in [-0.39, 0.29) is 11.9 Å². The zero-order chi connectivity index (χ0) is 17.5. The molecule has 128 valence electrons. The molecule has 7 heteroatoms. The Bertz CT molecular complexity index is 699. The third-order valence-corrected chi connectivity index (χ3v) is 4.98. The number of hydrogen-bond acceptors (Lipinski definition) is 4. The first-order valence-electron chi connectivity index (χ1n) is 7.77. The Hall–Kier alpha value is -1.60. The number of carbonyl (C=O) groups is 1. The van der Waals surface area contributed by atoms with Crippen molar-refractivity contribution in [1.82, 2.24) is 20.1 Å². The predicted octanol–water partition coefficient (Wildman–Crippen LogP) is 3.90. The summed E-state index contributed by atoms with van der Waals surface area (Å²) >= 11 is 4.82. The van der Waals surface area contributed by atoms with Crippen LogP contribution in [0.1, 0.15) is 20.3 Å². The molecule has 2 aromatic rings. The summed E-state index contributed by atoms with van der Waals surface area (Å²) in [6.45, 7) is 8.43. The molecule has 0 spiro atoms. The highest BCUT2D eigenvalue weighted by atomic mass is 79.9. The van der Waals surface area contributed by atoms with Gasteiger partial charge in [-0.05, 0) is 25.5 Å². The first-order valence-corrected chi connectivity index (χ1v) is 9.55. The van der Waals surface area contributed by atoms with E-state index in [9.17, 15) is 4.79 Å². The third kappa shape index (κ3) is 4.95. The summed E-state index contributed by atoms with van der Waals surface area (Å²) in [4.78, 5) is 12.0. The number of hydrogen-bond donors (Lipinski definition) is 1. The number of carbonyl (C=O) groups excluding carboxylic acids is 1. The summed E-state index contributed by atoms with van der Waals surface area (Å²) < 4.78 is 2.98. The van der Waals surface area contributed by atoms with Crippen LogP contribution in [0.5, 0.6) is 0 Å². The quantitative estimate of drug-likeness (QED) is 0.531. The van der Waals surface area contributed by atoms with E-state index in [2.05, 4.69) is 38.0 Å². The van der Waals surface area contributed by atoms with Gasteiger partial charge >= 0.3 is 0 Å². The average molecular weight is 409 g/mol. The van der Waals surface area contributed by atoms with Gasteiger partial charge in [-0.2, -0.15) is 0 Å². The number of rotatable bonds is 8. The summed E-state index contributed by atoms with van der Waals surface area (Å²) in [5, 5.41) is 12.2. The van der Waals surface area contributed by atoms with E-state index in [1.54, 1.807) is 6.08 Å². The highest BCUT2D eigenvalue weighted by molar-refractivity contribution is 9.10. The molecule has 0 saturated heterocycles. The summed E-state index contributed by atoms with van der Waals surface area (Å²) in [6, 6.07) is 8.08. The highest BCUT2D eigenvalue weighted by Gasteiger charge is 2.15. The number of nitrogens with zero attached hydrogens (tertiary/aromatic N) is 3. The molecule has 1 amide bonds. The van der Waals surface area contributed by atoms with Crippen LogP contribution in [-0.2, 0) is 11.3 Å². The monoisotopic (exact) mass is 408 g/mol. The molecule has 0 aliphatic rings. The van der Waals surface area contributed by atoms with Crippen LogP contribution in [0.4, 0.5) is 0 Å². The molecule has 0 saturated carbocycles. The Morgan fingerprint density at radius 1 is 1.42 bits per heavy atom. The minimum atomic E-state index is 0.00712. The molecule has 1 heterocycles. The number of aromatic nitrogens is 3. The molecule has 0 fully saturated rings. The lowest BCUT2D eigenvalue weighted by molar-refractivity contribution is -0.119. The molecule has 24 heavy (non-hydrogen) atoms. The van der Waals surface area contributed by atoms with Gasteiger partial charge in [0.25, 0.3) is 0 Å². The normalized spacial score (nSPS) is 12.0. The molecule has 1 aromatic heterocycles. The second-order valence-corrected chi connectivity index (χ2v) is 7.24. The van der Waals surface area contributed by atoms with Crippen molar-refractivity contribution in [3.63, 3.8) is 0 Å². The number of allylic oxidation sites excluding steroid dienone is 1. The van der Waals surface area contributed by atoms with Crippen molar-refractivity contribution in [2.45, 2.75) is 38.0 Å². The predicted molar refractivity (Wildman–Crippen MR) is 102 cm³/mol. The van der Waals surface area contributed by atoms with Crippen LogP contribution in [0.25, 0.3) is 11.4 Å². The van der Waals surface area contributed by atoms with E-state index in [1.807, 2.05) is 42.7 Å². The van der Waals surface area contributed by atoms with Crippen LogP contribution in [0.3, 0.4) is 0 Å². The highest BCUT2D eigenvalue weighted by Crippen LogP contribution is 2.25. The van der Waals surface area contributed by atoms with E-state index < -0.39 is 0 Å². The SMILES string of the molecule is C=CCn1c(SCC(=O)N[C@@H](C)CC)nnc1-c1ccc(Br)cc1. The lowest BCUT2D eigenvalue weighted by Gasteiger charge is -2.11. The standard InChI is InChI=1S/C17H21BrN4OS/c1-4-10-22-16(13-6-8-14(18)9-7-13)20-21-17(22)24-11-15(23)19-12(3)5-2/h4,6-9,12H,1,5,10-11H2,2-3H3,(H,19,23)/t12-/m0/s1. The van der Waals surface area contributed by atoms with E-state index in [1.165, 1.54) is 11.8 Å². The molecule has 0 unspecified atom stereocenters. The zero-order valence-electron chi connectivity index (χ0n) is 13.8. The van der Waals surface area contributed by atoms with E-state index in [0.717, 1.165) is 22.3 Å². The van der Waals surface area contributed by atoms with Crippen LogP contribution < -0.4 is 5.32 Å².